The summed E-state index contributed by atoms with van der Waals surface area (Å²) in [5.41, 5.74) is 1.18. The van der Waals surface area contributed by atoms with Crippen LogP contribution in [0.5, 0.6) is 0 Å². The molecule has 3 aromatic rings. The average Bonchev–Trinajstić information content (AvgIpc) is 3.21. The molecule has 1 fully saturated rings. The fourth-order valence-electron chi connectivity index (χ4n) is 3.56. The summed E-state index contributed by atoms with van der Waals surface area (Å²) in [7, 11) is 0. The van der Waals surface area contributed by atoms with Crippen LogP contribution in [0, 0.1) is 19.7 Å². The van der Waals surface area contributed by atoms with Crippen LogP contribution in [0.4, 0.5) is 4.39 Å². The molecular formula is C17H21FN6. The molecule has 1 atom stereocenters. The van der Waals surface area contributed by atoms with Gasteiger partial charge in [-0.25, -0.2) is 19.0 Å². The van der Waals surface area contributed by atoms with Gasteiger partial charge in [0.15, 0.2) is 5.82 Å². The first-order valence-corrected chi connectivity index (χ1v) is 8.35. The third kappa shape index (κ3) is 2.80. The number of aromatic amines is 1. The van der Waals surface area contributed by atoms with Crippen molar-refractivity contribution in [3.8, 4) is 0 Å². The van der Waals surface area contributed by atoms with Crippen LogP contribution in [0.2, 0.25) is 0 Å². The Morgan fingerprint density at radius 2 is 2.17 bits per heavy atom. The molecule has 1 N–H and O–H groups in total. The van der Waals surface area contributed by atoms with E-state index in [1.165, 1.54) is 6.07 Å². The number of rotatable bonds is 4. The van der Waals surface area contributed by atoms with Gasteiger partial charge in [0.05, 0.1) is 18.6 Å². The predicted octanol–water partition coefficient (Wildman–Crippen LogP) is 2.57. The molecule has 7 heteroatoms. The van der Waals surface area contributed by atoms with E-state index in [-0.39, 0.29) is 5.82 Å². The number of nitrogens with zero attached hydrogens (tertiary/aromatic N) is 5. The summed E-state index contributed by atoms with van der Waals surface area (Å²) in [5, 5.41) is 4.47. The highest BCUT2D eigenvalue weighted by Crippen LogP contribution is 2.22. The van der Waals surface area contributed by atoms with E-state index < -0.39 is 0 Å². The van der Waals surface area contributed by atoms with E-state index in [1.807, 2.05) is 24.6 Å². The third-order valence-electron chi connectivity index (χ3n) is 4.71. The number of para-hydroxylation sites is 1. The lowest BCUT2D eigenvalue weighted by molar-refractivity contribution is 0.213. The van der Waals surface area contributed by atoms with Crippen molar-refractivity contribution in [2.75, 3.05) is 6.54 Å². The highest BCUT2D eigenvalue weighted by molar-refractivity contribution is 5.75. The maximum absolute atomic E-state index is 13.8. The third-order valence-corrected chi connectivity index (χ3v) is 4.71. The number of fused-ring (bicyclic) bond motifs is 1. The first kappa shape index (κ1) is 15.3. The second-order valence-corrected chi connectivity index (χ2v) is 6.47. The molecule has 2 aromatic heterocycles. The Labute approximate surface area is 139 Å². The lowest BCUT2D eigenvalue weighted by Gasteiger charge is -2.23. The van der Waals surface area contributed by atoms with Crippen molar-refractivity contribution in [2.24, 2.45) is 0 Å². The molecule has 0 bridgehead atoms. The standard InChI is InChI=1S/C17H21FN6/c1-11-19-12(2)24(22-11)9-13-5-4-8-23(13)10-16-20-15-7-3-6-14(18)17(15)21-16/h3,6-7,13H,4-5,8-10H2,1-2H3,(H,20,21)/t13-/m0/s1. The molecule has 126 valence electrons. The molecule has 0 unspecified atom stereocenters. The molecule has 0 aliphatic carbocycles. The summed E-state index contributed by atoms with van der Waals surface area (Å²) in [6.45, 7) is 6.46. The van der Waals surface area contributed by atoms with Crippen molar-refractivity contribution in [3.63, 3.8) is 0 Å². The molecule has 6 nitrogen and oxygen atoms in total. The molecular weight excluding hydrogens is 307 g/mol. The Hall–Kier alpha value is -2.28. The summed E-state index contributed by atoms with van der Waals surface area (Å²) in [6, 6.07) is 5.41. The van der Waals surface area contributed by atoms with Gasteiger partial charge in [-0.2, -0.15) is 5.10 Å². The van der Waals surface area contributed by atoms with E-state index in [1.54, 1.807) is 6.07 Å². The van der Waals surface area contributed by atoms with Crippen LogP contribution in [-0.4, -0.2) is 42.2 Å². The van der Waals surface area contributed by atoms with Crippen molar-refractivity contribution in [3.05, 3.63) is 41.5 Å². The van der Waals surface area contributed by atoms with Crippen LogP contribution in [-0.2, 0) is 13.1 Å². The number of aryl methyl sites for hydroxylation is 2. The van der Waals surface area contributed by atoms with Crippen LogP contribution >= 0.6 is 0 Å². The smallest absolute Gasteiger partial charge is 0.151 e. The molecule has 0 amide bonds. The number of aromatic nitrogens is 5. The van der Waals surface area contributed by atoms with Gasteiger partial charge in [0.1, 0.15) is 23.0 Å². The zero-order chi connectivity index (χ0) is 16.7. The molecule has 1 saturated heterocycles. The molecule has 1 aromatic carbocycles. The van der Waals surface area contributed by atoms with E-state index in [2.05, 4.69) is 25.0 Å². The Morgan fingerprint density at radius 3 is 2.92 bits per heavy atom. The van der Waals surface area contributed by atoms with Gasteiger partial charge in [-0.1, -0.05) is 6.07 Å². The normalized spacial score (nSPS) is 18.7. The number of halogens is 1. The maximum Gasteiger partial charge on any atom is 0.151 e. The van der Waals surface area contributed by atoms with Gasteiger partial charge in [-0.05, 0) is 45.4 Å². The zero-order valence-corrected chi connectivity index (χ0v) is 14.0. The minimum absolute atomic E-state index is 0.276. The number of hydrogen-bond donors (Lipinski definition) is 1. The molecule has 0 radical (unpaired) electrons. The topological polar surface area (TPSA) is 62.6 Å². The van der Waals surface area contributed by atoms with Gasteiger partial charge >= 0.3 is 0 Å². The number of hydrogen-bond acceptors (Lipinski definition) is 4. The summed E-state index contributed by atoms with van der Waals surface area (Å²) < 4.78 is 15.8. The lowest BCUT2D eigenvalue weighted by atomic mass is 10.2. The summed E-state index contributed by atoms with van der Waals surface area (Å²) in [5.74, 6) is 2.30. The van der Waals surface area contributed by atoms with Gasteiger partial charge in [0.2, 0.25) is 0 Å². The Bertz CT molecular complexity index is 867. The fourth-order valence-corrected chi connectivity index (χ4v) is 3.56. The molecule has 0 spiro atoms. The highest BCUT2D eigenvalue weighted by atomic mass is 19.1. The SMILES string of the molecule is Cc1nc(C)n(C[C@@H]2CCCN2Cc2nc3c(F)cccc3[nH]2)n1. The molecule has 24 heavy (non-hydrogen) atoms. The number of benzene rings is 1. The number of imidazole rings is 1. The van der Waals surface area contributed by atoms with Crippen LogP contribution < -0.4 is 0 Å². The first-order valence-electron chi connectivity index (χ1n) is 8.35. The Morgan fingerprint density at radius 1 is 1.29 bits per heavy atom. The van der Waals surface area contributed by atoms with E-state index in [0.717, 1.165) is 48.9 Å². The summed E-state index contributed by atoms with van der Waals surface area (Å²) in [4.78, 5) is 14.4. The summed E-state index contributed by atoms with van der Waals surface area (Å²) >= 11 is 0. The largest absolute Gasteiger partial charge is 0.341 e. The van der Waals surface area contributed by atoms with Crippen molar-refractivity contribution in [1.29, 1.82) is 0 Å². The average molecular weight is 328 g/mol. The predicted molar refractivity (Wildman–Crippen MR) is 89.0 cm³/mol. The van der Waals surface area contributed by atoms with Gasteiger partial charge in [-0.15, -0.1) is 0 Å². The molecule has 1 aliphatic heterocycles. The van der Waals surface area contributed by atoms with Crippen LogP contribution in [0.15, 0.2) is 18.2 Å². The van der Waals surface area contributed by atoms with E-state index in [0.29, 0.717) is 18.1 Å². The minimum atomic E-state index is -0.276. The molecule has 1 aliphatic rings. The Balaban J connectivity index is 1.52. The van der Waals surface area contributed by atoms with E-state index >= 15 is 0 Å². The van der Waals surface area contributed by atoms with Crippen molar-refractivity contribution in [2.45, 2.75) is 45.8 Å². The molecule has 0 saturated carbocycles. The Kier molecular flexibility index (Phi) is 3.80. The first-order chi connectivity index (χ1) is 11.6. The quantitative estimate of drug-likeness (QED) is 0.799. The van der Waals surface area contributed by atoms with Crippen LogP contribution in [0.1, 0.15) is 30.3 Å². The minimum Gasteiger partial charge on any atom is -0.341 e. The zero-order valence-electron chi connectivity index (χ0n) is 14.0. The summed E-state index contributed by atoms with van der Waals surface area (Å²) in [6.07, 6.45) is 2.29. The van der Waals surface area contributed by atoms with E-state index in [4.69, 9.17) is 0 Å². The van der Waals surface area contributed by atoms with Crippen LogP contribution in [0.25, 0.3) is 11.0 Å². The van der Waals surface area contributed by atoms with Gasteiger partial charge < -0.3 is 4.98 Å². The lowest BCUT2D eigenvalue weighted by Crippen LogP contribution is -2.33. The number of likely N-dealkylation sites (tertiary alicyclic amines) is 1. The monoisotopic (exact) mass is 328 g/mol. The van der Waals surface area contributed by atoms with Gasteiger partial charge in [-0.3, -0.25) is 4.90 Å². The molecule has 4 rings (SSSR count). The van der Waals surface area contributed by atoms with Crippen molar-refractivity contribution >= 4 is 11.0 Å². The van der Waals surface area contributed by atoms with Gasteiger partial charge in [0, 0.05) is 6.04 Å². The number of nitrogens with one attached hydrogen (secondary N) is 1. The second-order valence-electron chi connectivity index (χ2n) is 6.47. The van der Waals surface area contributed by atoms with E-state index in [9.17, 15) is 4.39 Å². The van der Waals surface area contributed by atoms with Gasteiger partial charge in [0.25, 0.3) is 0 Å². The number of H-pyrrole nitrogens is 1. The van der Waals surface area contributed by atoms with Crippen LogP contribution in [0.3, 0.4) is 0 Å². The maximum atomic E-state index is 13.8. The fraction of sp³-hybridized carbons (Fsp3) is 0.471. The second kappa shape index (κ2) is 5.98. The highest BCUT2D eigenvalue weighted by Gasteiger charge is 2.26. The van der Waals surface area contributed by atoms with Crippen molar-refractivity contribution in [1.82, 2.24) is 29.6 Å². The molecule has 3 heterocycles. The van der Waals surface area contributed by atoms with Crippen molar-refractivity contribution < 1.29 is 4.39 Å².